The number of hydrogen-bond donors (Lipinski definition) is 1. The monoisotopic (exact) mass is 237 g/mol. The predicted octanol–water partition coefficient (Wildman–Crippen LogP) is 2.23. The van der Waals surface area contributed by atoms with E-state index in [1.165, 1.54) is 0 Å². The van der Waals surface area contributed by atoms with Crippen LogP contribution >= 0.6 is 0 Å². The van der Waals surface area contributed by atoms with Crippen molar-refractivity contribution in [3.05, 3.63) is 18.3 Å². The number of rotatable bonds is 7. The van der Waals surface area contributed by atoms with Crippen molar-refractivity contribution in [2.24, 2.45) is 0 Å². The summed E-state index contributed by atoms with van der Waals surface area (Å²) in [4.78, 5) is 6.48. The first-order valence-corrected chi connectivity index (χ1v) is 6.13. The van der Waals surface area contributed by atoms with E-state index in [4.69, 9.17) is 4.74 Å². The van der Waals surface area contributed by atoms with Crippen LogP contribution in [0.1, 0.15) is 20.3 Å². The molecular formula is C13H23N3O. The van der Waals surface area contributed by atoms with Gasteiger partial charge in [-0.1, -0.05) is 6.92 Å². The van der Waals surface area contributed by atoms with E-state index in [1.54, 1.807) is 6.20 Å². The fourth-order valence-electron chi connectivity index (χ4n) is 1.28. The van der Waals surface area contributed by atoms with E-state index >= 15 is 0 Å². The molecule has 0 fully saturated rings. The summed E-state index contributed by atoms with van der Waals surface area (Å²) >= 11 is 0. The maximum absolute atomic E-state index is 5.64. The minimum Gasteiger partial charge on any atom is -0.490 e. The van der Waals surface area contributed by atoms with Gasteiger partial charge in [-0.3, -0.25) is 0 Å². The van der Waals surface area contributed by atoms with Crippen LogP contribution in [0.2, 0.25) is 0 Å². The first-order valence-electron chi connectivity index (χ1n) is 6.13. The second-order valence-electron chi connectivity index (χ2n) is 4.39. The Morgan fingerprint density at radius 2 is 2.24 bits per heavy atom. The second-order valence-corrected chi connectivity index (χ2v) is 4.39. The van der Waals surface area contributed by atoms with Gasteiger partial charge in [-0.25, -0.2) is 4.98 Å². The van der Waals surface area contributed by atoms with Gasteiger partial charge in [0.25, 0.3) is 0 Å². The molecule has 4 heteroatoms. The second kappa shape index (κ2) is 7.12. The van der Waals surface area contributed by atoms with E-state index in [9.17, 15) is 0 Å². The molecule has 0 saturated heterocycles. The zero-order valence-electron chi connectivity index (χ0n) is 11.2. The van der Waals surface area contributed by atoms with Gasteiger partial charge in [0.15, 0.2) is 11.6 Å². The topological polar surface area (TPSA) is 37.4 Å². The van der Waals surface area contributed by atoms with Gasteiger partial charge in [0.2, 0.25) is 0 Å². The molecule has 1 aromatic heterocycles. The summed E-state index contributed by atoms with van der Waals surface area (Å²) in [5, 5.41) is 3.33. The van der Waals surface area contributed by atoms with Crippen LogP contribution in [0.4, 0.5) is 5.82 Å². The van der Waals surface area contributed by atoms with E-state index in [0.29, 0.717) is 6.04 Å². The number of likely N-dealkylation sites (N-methyl/N-ethyl adjacent to an activating group) is 1. The summed E-state index contributed by atoms with van der Waals surface area (Å²) in [6.07, 6.45) is 2.78. The van der Waals surface area contributed by atoms with Crippen molar-refractivity contribution < 1.29 is 4.74 Å². The van der Waals surface area contributed by atoms with Crippen LogP contribution in [0.3, 0.4) is 0 Å². The molecule has 1 unspecified atom stereocenters. The van der Waals surface area contributed by atoms with Crippen LogP contribution in [0.15, 0.2) is 18.3 Å². The highest BCUT2D eigenvalue weighted by Crippen LogP contribution is 2.20. The van der Waals surface area contributed by atoms with Crippen LogP contribution in [0.25, 0.3) is 0 Å². The highest BCUT2D eigenvalue weighted by atomic mass is 16.5. The van der Waals surface area contributed by atoms with Gasteiger partial charge < -0.3 is 15.0 Å². The van der Waals surface area contributed by atoms with Crippen LogP contribution in [0, 0.1) is 0 Å². The quantitative estimate of drug-likeness (QED) is 0.789. The molecule has 0 amide bonds. The van der Waals surface area contributed by atoms with E-state index in [0.717, 1.165) is 31.1 Å². The van der Waals surface area contributed by atoms with E-state index in [1.807, 2.05) is 12.1 Å². The maximum Gasteiger partial charge on any atom is 0.168 e. The summed E-state index contributed by atoms with van der Waals surface area (Å²) in [5.41, 5.74) is 0. The van der Waals surface area contributed by atoms with Gasteiger partial charge in [-0.15, -0.1) is 0 Å². The predicted molar refractivity (Wildman–Crippen MR) is 71.7 cm³/mol. The number of anilines is 1. The molecule has 0 saturated carbocycles. The zero-order valence-corrected chi connectivity index (χ0v) is 11.2. The number of aromatic nitrogens is 1. The molecule has 1 heterocycles. The molecule has 1 rings (SSSR count). The normalized spacial score (nSPS) is 12.5. The molecule has 0 aromatic carbocycles. The number of nitrogens with zero attached hydrogens (tertiary/aromatic N) is 2. The largest absolute Gasteiger partial charge is 0.490 e. The Hall–Kier alpha value is -1.29. The lowest BCUT2D eigenvalue weighted by atomic mass is 10.3. The first-order chi connectivity index (χ1) is 8.15. The molecule has 17 heavy (non-hydrogen) atoms. The third kappa shape index (κ3) is 4.61. The van der Waals surface area contributed by atoms with Gasteiger partial charge in [0, 0.05) is 18.8 Å². The fraction of sp³-hybridized carbons (Fsp3) is 0.615. The fourth-order valence-corrected chi connectivity index (χ4v) is 1.28. The third-order valence-electron chi connectivity index (χ3n) is 2.68. The van der Waals surface area contributed by atoms with Crippen molar-refractivity contribution in [3.63, 3.8) is 0 Å². The van der Waals surface area contributed by atoms with E-state index in [-0.39, 0.29) is 0 Å². The Balaban J connectivity index is 2.57. The summed E-state index contributed by atoms with van der Waals surface area (Å²) in [7, 11) is 4.14. The molecule has 0 bridgehead atoms. The van der Waals surface area contributed by atoms with E-state index in [2.05, 4.69) is 43.1 Å². The van der Waals surface area contributed by atoms with Gasteiger partial charge in [-0.05, 0) is 39.6 Å². The molecule has 1 aromatic rings. The number of pyridine rings is 1. The molecule has 0 spiro atoms. The summed E-state index contributed by atoms with van der Waals surface area (Å²) in [6, 6.07) is 4.30. The van der Waals surface area contributed by atoms with Crippen LogP contribution < -0.4 is 10.1 Å². The average Bonchev–Trinajstić information content (AvgIpc) is 2.34. The molecule has 96 valence electrons. The number of nitrogens with one attached hydrogen (secondary N) is 1. The van der Waals surface area contributed by atoms with Crippen molar-refractivity contribution in [1.29, 1.82) is 0 Å². The minimum atomic E-state index is 0.455. The van der Waals surface area contributed by atoms with Gasteiger partial charge in [-0.2, -0.15) is 0 Å². The molecule has 0 radical (unpaired) electrons. The Kier molecular flexibility index (Phi) is 5.77. The number of ether oxygens (including phenoxy) is 1. The van der Waals surface area contributed by atoms with Crippen molar-refractivity contribution in [2.75, 3.05) is 32.6 Å². The smallest absolute Gasteiger partial charge is 0.168 e. The lowest BCUT2D eigenvalue weighted by Gasteiger charge is -2.21. The maximum atomic E-state index is 5.64. The highest BCUT2D eigenvalue weighted by molar-refractivity contribution is 5.49. The Labute approximate surface area is 104 Å². The van der Waals surface area contributed by atoms with Crippen molar-refractivity contribution in [1.82, 2.24) is 9.88 Å². The molecule has 1 N–H and O–H groups in total. The zero-order chi connectivity index (χ0) is 12.7. The summed E-state index contributed by atoms with van der Waals surface area (Å²) < 4.78 is 5.64. The molecular weight excluding hydrogens is 214 g/mol. The first kappa shape index (κ1) is 13.8. The van der Waals surface area contributed by atoms with E-state index < -0.39 is 0 Å². The minimum absolute atomic E-state index is 0.455. The standard InChI is InChI=1S/C13H23N3O/c1-5-9-17-12-7-6-8-14-13(12)15-10-11(2)16(3)4/h6-8,11H,5,9-10H2,1-4H3,(H,14,15). The molecule has 0 aliphatic rings. The average molecular weight is 237 g/mol. The van der Waals surface area contributed by atoms with Crippen LogP contribution in [-0.2, 0) is 0 Å². The van der Waals surface area contributed by atoms with Crippen LogP contribution in [-0.4, -0.2) is 43.2 Å². The highest BCUT2D eigenvalue weighted by Gasteiger charge is 2.07. The van der Waals surface area contributed by atoms with Gasteiger partial charge >= 0.3 is 0 Å². The van der Waals surface area contributed by atoms with Crippen molar-refractivity contribution in [3.8, 4) is 5.75 Å². The molecule has 1 atom stereocenters. The van der Waals surface area contributed by atoms with Crippen molar-refractivity contribution in [2.45, 2.75) is 26.3 Å². The summed E-state index contributed by atoms with van der Waals surface area (Å²) in [6.45, 7) is 5.84. The lowest BCUT2D eigenvalue weighted by molar-refractivity contribution is 0.314. The molecule has 0 aliphatic carbocycles. The van der Waals surface area contributed by atoms with Gasteiger partial charge in [0.1, 0.15) is 0 Å². The van der Waals surface area contributed by atoms with Gasteiger partial charge in [0.05, 0.1) is 6.61 Å². The Morgan fingerprint density at radius 1 is 1.47 bits per heavy atom. The third-order valence-corrected chi connectivity index (χ3v) is 2.68. The number of hydrogen-bond acceptors (Lipinski definition) is 4. The molecule has 0 aliphatic heterocycles. The van der Waals surface area contributed by atoms with Crippen LogP contribution in [0.5, 0.6) is 5.75 Å². The molecule has 4 nitrogen and oxygen atoms in total. The van der Waals surface area contributed by atoms with Crippen molar-refractivity contribution >= 4 is 5.82 Å². The lowest BCUT2D eigenvalue weighted by Crippen LogP contribution is -2.31. The Morgan fingerprint density at radius 3 is 2.88 bits per heavy atom. The summed E-state index contributed by atoms with van der Waals surface area (Å²) in [5.74, 6) is 1.66. The Bertz CT molecular complexity index is 328. The SMILES string of the molecule is CCCOc1cccnc1NCC(C)N(C)C.